The number of carbonyl (C=O) groups excluding carboxylic acids is 2. The monoisotopic (exact) mass is 484 g/mol. The summed E-state index contributed by atoms with van der Waals surface area (Å²) < 4.78 is 0. The summed E-state index contributed by atoms with van der Waals surface area (Å²) in [6.07, 6.45) is 0.264. The Bertz CT molecular complexity index is 1440. The molecule has 0 spiro atoms. The smallest absolute Gasteiger partial charge is 0.228 e. The molecular weight excluding hydrogens is 464 g/mol. The first-order valence-corrected chi connectivity index (χ1v) is 11.7. The van der Waals surface area contributed by atoms with Crippen molar-refractivity contribution in [3.8, 4) is 34.0 Å². The van der Waals surface area contributed by atoms with Gasteiger partial charge in [0, 0.05) is 22.4 Å². The SMILES string of the molecule is C[C@H](Sc1nnc(-c2ccc(O)cc2)c(-c2ccc(O)cc2)n1)C(=O)c1ccc2c(c1)CC(=O)N2. The second-order valence-corrected chi connectivity index (χ2v) is 9.41. The Morgan fingerprint density at radius 1 is 0.914 bits per heavy atom. The summed E-state index contributed by atoms with van der Waals surface area (Å²) in [7, 11) is 0. The van der Waals surface area contributed by atoms with E-state index in [2.05, 4.69) is 15.5 Å². The van der Waals surface area contributed by atoms with Crippen LogP contribution in [0.15, 0.2) is 71.9 Å². The van der Waals surface area contributed by atoms with Crippen LogP contribution in [0.3, 0.4) is 0 Å². The number of nitrogens with one attached hydrogen (secondary N) is 1. The van der Waals surface area contributed by atoms with Crippen molar-refractivity contribution in [2.45, 2.75) is 23.8 Å². The van der Waals surface area contributed by atoms with Gasteiger partial charge in [-0.15, -0.1) is 10.2 Å². The third-order valence-corrected chi connectivity index (χ3v) is 6.57. The van der Waals surface area contributed by atoms with Crippen molar-refractivity contribution >= 4 is 29.1 Å². The summed E-state index contributed by atoms with van der Waals surface area (Å²) >= 11 is 1.19. The van der Waals surface area contributed by atoms with Gasteiger partial charge in [0.1, 0.15) is 22.9 Å². The number of rotatable bonds is 6. The highest BCUT2D eigenvalue weighted by atomic mass is 32.2. The van der Waals surface area contributed by atoms with E-state index in [9.17, 15) is 19.8 Å². The summed E-state index contributed by atoms with van der Waals surface area (Å²) in [6.45, 7) is 1.78. The van der Waals surface area contributed by atoms with Crippen molar-refractivity contribution in [2.24, 2.45) is 0 Å². The number of aromatic hydroxyl groups is 2. The van der Waals surface area contributed by atoms with Gasteiger partial charge in [0.15, 0.2) is 5.78 Å². The first-order valence-electron chi connectivity index (χ1n) is 10.8. The molecule has 3 N–H and O–H groups in total. The van der Waals surface area contributed by atoms with E-state index in [1.54, 1.807) is 73.7 Å². The van der Waals surface area contributed by atoms with Crippen molar-refractivity contribution in [2.75, 3.05) is 5.32 Å². The van der Waals surface area contributed by atoms with Gasteiger partial charge in [0.05, 0.1) is 11.7 Å². The predicted octanol–water partition coefficient (Wildman–Crippen LogP) is 4.47. The van der Waals surface area contributed by atoms with Gasteiger partial charge in [-0.3, -0.25) is 9.59 Å². The Kier molecular flexibility index (Phi) is 5.92. The van der Waals surface area contributed by atoms with E-state index >= 15 is 0 Å². The number of hydrogen-bond acceptors (Lipinski definition) is 8. The lowest BCUT2D eigenvalue weighted by atomic mass is 10.0. The highest BCUT2D eigenvalue weighted by Crippen LogP contribution is 2.33. The van der Waals surface area contributed by atoms with E-state index in [0.29, 0.717) is 27.7 Å². The Labute approximate surface area is 205 Å². The van der Waals surface area contributed by atoms with Gasteiger partial charge in [-0.25, -0.2) is 4.98 Å². The minimum atomic E-state index is -0.493. The van der Waals surface area contributed by atoms with Gasteiger partial charge >= 0.3 is 0 Å². The van der Waals surface area contributed by atoms with Crippen molar-refractivity contribution in [3.05, 3.63) is 77.9 Å². The predicted molar refractivity (Wildman–Crippen MR) is 132 cm³/mol. The van der Waals surface area contributed by atoms with Crippen LogP contribution in [0, 0.1) is 0 Å². The van der Waals surface area contributed by atoms with E-state index in [-0.39, 0.29) is 29.6 Å². The number of Topliss-reactive ketones (excluding diaryl/α,β-unsaturated/α-hetero) is 1. The Balaban J connectivity index is 1.45. The molecule has 5 rings (SSSR count). The number of aromatic nitrogens is 3. The van der Waals surface area contributed by atoms with E-state index in [1.165, 1.54) is 11.8 Å². The van der Waals surface area contributed by atoms with Gasteiger partial charge in [0.2, 0.25) is 11.1 Å². The molecule has 35 heavy (non-hydrogen) atoms. The van der Waals surface area contributed by atoms with Crippen LogP contribution in [0.1, 0.15) is 22.8 Å². The highest BCUT2D eigenvalue weighted by molar-refractivity contribution is 8.00. The van der Waals surface area contributed by atoms with E-state index in [0.717, 1.165) is 16.8 Å². The van der Waals surface area contributed by atoms with Crippen LogP contribution in [0.25, 0.3) is 22.5 Å². The molecule has 0 unspecified atom stereocenters. The van der Waals surface area contributed by atoms with E-state index in [1.807, 2.05) is 0 Å². The number of carbonyl (C=O) groups is 2. The minimum Gasteiger partial charge on any atom is -0.508 e. The van der Waals surface area contributed by atoms with Crippen molar-refractivity contribution in [1.29, 1.82) is 0 Å². The average molecular weight is 485 g/mol. The largest absolute Gasteiger partial charge is 0.508 e. The second-order valence-electron chi connectivity index (χ2n) is 8.11. The quantitative estimate of drug-likeness (QED) is 0.270. The molecule has 1 aliphatic heterocycles. The normalized spacial score (nSPS) is 13.2. The molecule has 0 bridgehead atoms. The summed E-state index contributed by atoms with van der Waals surface area (Å²) in [5, 5.41) is 30.6. The van der Waals surface area contributed by atoms with Crippen LogP contribution in [0.5, 0.6) is 11.5 Å². The van der Waals surface area contributed by atoms with Gasteiger partial charge in [-0.05, 0) is 79.2 Å². The molecule has 9 heteroatoms. The molecule has 3 aromatic carbocycles. The molecule has 4 aromatic rings. The zero-order valence-corrected chi connectivity index (χ0v) is 19.4. The van der Waals surface area contributed by atoms with E-state index < -0.39 is 5.25 Å². The molecule has 1 aliphatic rings. The molecule has 1 aromatic heterocycles. The molecular formula is C26H20N4O4S. The van der Waals surface area contributed by atoms with Crippen molar-refractivity contribution in [3.63, 3.8) is 0 Å². The van der Waals surface area contributed by atoms with Gasteiger partial charge in [-0.1, -0.05) is 11.8 Å². The maximum Gasteiger partial charge on any atom is 0.228 e. The maximum atomic E-state index is 13.1. The third-order valence-electron chi connectivity index (χ3n) is 5.62. The topological polar surface area (TPSA) is 125 Å². The molecule has 0 saturated carbocycles. The summed E-state index contributed by atoms with van der Waals surface area (Å²) in [4.78, 5) is 29.4. The summed E-state index contributed by atoms with van der Waals surface area (Å²) in [5.41, 5.74) is 4.55. The van der Waals surface area contributed by atoms with Crippen LogP contribution < -0.4 is 5.32 Å². The number of phenolic OH excluding ortho intramolecular Hbond substituents is 2. The number of amides is 1. The number of hydrogen-bond donors (Lipinski definition) is 3. The van der Waals surface area contributed by atoms with Gasteiger partial charge in [-0.2, -0.15) is 0 Å². The molecule has 174 valence electrons. The average Bonchev–Trinajstić information content (AvgIpc) is 3.24. The standard InChI is InChI=1S/C26H20N4O4S/c1-14(25(34)17-6-11-21-18(12-17)13-22(33)27-21)35-26-28-23(15-2-7-19(31)8-3-15)24(29-30-26)16-4-9-20(32)10-5-16/h2-12,14,31-32H,13H2,1H3,(H,27,33)/t14-/m0/s1. The fraction of sp³-hybridized carbons (Fsp3) is 0.115. The number of ketones is 1. The second kappa shape index (κ2) is 9.19. The number of anilines is 1. The fourth-order valence-electron chi connectivity index (χ4n) is 3.82. The highest BCUT2D eigenvalue weighted by Gasteiger charge is 2.23. The zero-order valence-electron chi connectivity index (χ0n) is 18.6. The Hall–Kier alpha value is -4.24. The lowest BCUT2D eigenvalue weighted by Crippen LogP contribution is -2.14. The number of phenols is 2. The summed E-state index contributed by atoms with van der Waals surface area (Å²) in [6, 6.07) is 18.3. The van der Waals surface area contributed by atoms with Crippen LogP contribution >= 0.6 is 11.8 Å². The lowest BCUT2D eigenvalue weighted by Gasteiger charge is -2.13. The Morgan fingerprint density at radius 2 is 1.54 bits per heavy atom. The van der Waals surface area contributed by atoms with Crippen LogP contribution in [0.2, 0.25) is 0 Å². The lowest BCUT2D eigenvalue weighted by molar-refractivity contribution is -0.115. The van der Waals surface area contributed by atoms with Gasteiger partial charge in [0.25, 0.3) is 0 Å². The van der Waals surface area contributed by atoms with Crippen molar-refractivity contribution in [1.82, 2.24) is 15.2 Å². The molecule has 1 amide bonds. The molecule has 0 fully saturated rings. The van der Waals surface area contributed by atoms with Crippen LogP contribution in [-0.4, -0.2) is 42.3 Å². The Morgan fingerprint density at radius 3 is 2.20 bits per heavy atom. The molecule has 0 aliphatic carbocycles. The van der Waals surface area contributed by atoms with Gasteiger partial charge < -0.3 is 15.5 Å². The number of nitrogens with zero attached hydrogens (tertiary/aromatic N) is 3. The number of benzene rings is 3. The molecule has 0 saturated heterocycles. The maximum absolute atomic E-state index is 13.1. The van der Waals surface area contributed by atoms with Crippen LogP contribution in [0.4, 0.5) is 5.69 Å². The fourth-order valence-corrected chi connectivity index (χ4v) is 4.62. The first kappa shape index (κ1) is 22.5. The summed E-state index contributed by atoms with van der Waals surface area (Å²) in [5.74, 6) is 0.0746. The van der Waals surface area contributed by atoms with Crippen molar-refractivity contribution < 1.29 is 19.8 Å². The third kappa shape index (κ3) is 4.71. The molecule has 8 nitrogen and oxygen atoms in total. The minimum absolute atomic E-state index is 0.0815. The van der Waals surface area contributed by atoms with E-state index in [4.69, 9.17) is 4.98 Å². The molecule has 1 atom stereocenters. The number of fused-ring (bicyclic) bond motifs is 1. The number of thioether (sulfide) groups is 1. The van der Waals surface area contributed by atoms with Crippen LogP contribution in [-0.2, 0) is 11.2 Å². The molecule has 2 heterocycles. The first-order chi connectivity index (χ1) is 16.9. The molecule has 0 radical (unpaired) electrons. The zero-order chi connectivity index (χ0) is 24.5.